The van der Waals surface area contributed by atoms with Crippen molar-refractivity contribution in [2.24, 2.45) is 0 Å². The summed E-state index contributed by atoms with van der Waals surface area (Å²) in [5.41, 5.74) is 1.83. The lowest BCUT2D eigenvalue weighted by atomic mass is 10.3. The molecule has 0 saturated carbocycles. The molecule has 3 aromatic heterocycles. The Hall–Kier alpha value is -2.81. The summed E-state index contributed by atoms with van der Waals surface area (Å²) in [7, 11) is 0. The van der Waals surface area contributed by atoms with Crippen LogP contribution in [0.4, 0.5) is 5.82 Å². The van der Waals surface area contributed by atoms with E-state index in [1.807, 2.05) is 35.6 Å². The smallest absolute Gasteiger partial charge is 0.238 e. The van der Waals surface area contributed by atoms with Crippen LogP contribution in [0.5, 0.6) is 0 Å². The molecule has 4 aromatic rings. The molecule has 1 atom stereocenters. The molecule has 24 heavy (non-hydrogen) atoms. The van der Waals surface area contributed by atoms with Crippen molar-refractivity contribution in [1.29, 1.82) is 0 Å². The molecule has 0 radical (unpaired) electrons. The highest BCUT2D eigenvalue weighted by atomic mass is 32.2. The SMILES string of the molecule is Cc1cc(NC(=O)[C@@H](C)Sc2n[nH]c3nc4ccccc4n23)no1. The highest BCUT2D eigenvalue weighted by molar-refractivity contribution is 8.00. The predicted molar refractivity (Wildman–Crippen MR) is 90.0 cm³/mol. The number of H-pyrrole nitrogens is 1. The number of fused-ring (bicyclic) bond motifs is 3. The molecule has 0 bridgehead atoms. The maximum Gasteiger partial charge on any atom is 0.238 e. The van der Waals surface area contributed by atoms with Gasteiger partial charge >= 0.3 is 0 Å². The number of aromatic amines is 1. The van der Waals surface area contributed by atoms with Crippen molar-refractivity contribution >= 4 is 40.3 Å². The van der Waals surface area contributed by atoms with E-state index in [1.54, 1.807) is 13.0 Å². The first-order chi connectivity index (χ1) is 11.6. The average Bonchev–Trinajstić information content (AvgIpc) is 3.23. The zero-order valence-corrected chi connectivity index (χ0v) is 13.8. The van der Waals surface area contributed by atoms with Crippen LogP contribution in [0.2, 0.25) is 0 Å². The molecule has 3 heterocycles. The molecule has 0 unspecified atom stereocenters. The van der Waals surface area contributed by atoms with Crippen molar-refractivity contribution < 1.29 is 9.32 Å². The van der Waals surface area contributed by atoms with Crippen molar-refractivity contribution in [2.75, 3.05) is 5.32 Å². The third kappa shape index (κ3) is 2.52. The van der Waals surface area contributed by atoms with E-state index in [4.69, 9.17) is 4.52 Å². The number of hydrogen-bond donors (Lipinski definition) is 2. The van der Waals surface area contributed by atoms with Crippen LogP contribution < -0.4 is 5.32 Å². The van der Waals surface area contributed by atoms with Gasteiger partial charge in [0.25, 0.3) is 0 Å². The van der Waals surface area contributed by atoms with Gasteiger partial charge in [-0.25, -0.2) is 10.1 Å². The third-order valence-corrected chi connectivity index (χ3v) is 4.59. The quantitative estimate of drug-likeness (QED) is 0.553. The van der Waals surface area contributed by atoms with Gasteiger partial charge in [0.2, 0.25) is 11.7 Å². The molecule has 0 aliphatic carbocycles. The summed E-state index contributed by atoms with van der Waals surface area (Å²) < 4.78 is 6.85. The van der Waals surface area contributed by atoms with Crippen LogP contribution in [0.3, 0.4) is 0 Å². The Morgan fingerprint density at radius 2 is 2.25 bits per heavy atom. The highest BCUT2D eigenvalue weighted by Crippen LogP contribution is 2.26. The second kappa shape index (κ2) is 5.68. The number of carbonyl (C=O) groups excluding carboxylic acids is 1. The lowest BCUT2D eigenvalue weighted by molar-refractivity contribution is -0.115. The molecule has 2 N–H and O–H groups in total. The first-order valence-electron chi connectivity index (χ1n) is 7.34. The number of benzene rings is 1. The van der Waals surface area contributed by atoms with Gasteiger partial charge in [-0.2, -0.15) is 0 Å². The number of hydrogen-bond acceptors (Lipinski definition) is 6. The van der Waals surface area contributed by atoms with Crippen LogP contribution in [0, 0.1) is 6.92 Å². The van der Waals surface area contributed by atoms with Crippen molar-refractivity contribution in [3.63, 3.8) is 0 Å². The highest BCUT2D eigenvalue weighted by Gasteiger charge is 2.20. The number of amides is 1. The fourth-order valence-electron chi connectivity index (χ4n) is 2.39. The minimum atomic E-state index is -0.366. The van der Waals surface area contributed by atoms with E-state index in [0.717, 1.165) is 11.0 Å². The molecule has 0 aliphatic rings. The Bertz CT molecular complexity index is 1030. The maximum atomic E-state index is 12.3. The van der Waals surface area contributed by atoms with Crippen LogP contribution in [-0.2, 0) is 4.79 Å². The van der Waals surface area contributed by atoms with E-state index in [2.05, 4.69) is 25.7 Å². The monoisotopic (exact) mass is 342 g/mol. The minimum Gasteiger partial charge on any atom is -0.360 e. The lowest BCUT2D eigenvalue weighted by Gasteiger charge is -2.08. The first kappa shape index (κ1) is 14.8. The molecule has 122 valence electrons. The van der Waals surface area contributed by atoms with Crippen LogP contribution in [0.25, 0.3) is 16.8 Å². The van der Waals surface area contributed by atoms with Crippen LogP contribution in [-0.4, -0.2) is 35.9 Å². The number of aryl methyl sites for hydroxylation is 1. The molecule has 1 amide bonds. The second-order valence-electron chi connectivity index (χ2n) is 5.34. The lowest BCUT2D eigenvalue weighted by Crippen LogP contribution is -2.22. The molecule has 4 rings (SSSR count). The van der Waals surface area contributed by atoms with E-state index in [-0.39, 0.29) is 11.2 Å². The van der Waals surface area contributed by atoms with Gasteiger partial charge in [-0.1, -0.05) is 29.1 Å². The zero-order valence-electron chi connectivity index (χ0n) is 13.0. The topological polar surface area (TPSA) is 101 Å². The molecule has 0 fully saturated rings. The summed E-state index contributed by atoms with van der Waals surface area (Å²) in [5.74, 6) is 1.53. The van der Waals surface area contributed by atoms with Crippen molar-refractivity contribution in [3.05, 3.63) is 36.1 Å². The molecular weight excluding hydrogens is 328 g/mol. The summed E-state index contributed by atoms with van der Waals surface area (Å²) in [6.45, 7) is 3.58. The summed E-state index contributed by atoms with van der Waals surface area (Å²) in [6, 6.07) is 9.46. The van der Waals surface area contributed by atoms with Crippen LogP contribution in [0.15, 0.2) is 40.0 Å². The second-order valence-corrected chi connectivity index (χ2v) is 6.65. The number of aromatic nitrogens is 5. The Balaban J connectivity index is 1.58. The summed E-state index contributed by atoms with van der Waals surface area (Å²) in [6.07, 6.45) is 0. The fourth-order valence-corrected chi connectivity index (χ4v) is 3.26. The molecular formula is C15H14N6O2S. The van der Waals surface area contributed by atoms with Gasteiger partial charge in [0.05, 0.1) is 16.3 Å². The van der Waals surface area contributed by atoms with Crippen molar-refractivity contribution in [3.8, 4) is 0 Å². The number of anilines is 1. The van der Waals surface area contributed by atoms with Gasteiger partial charge in [-0.3, -0.25) is 9.20 Å². The molecule has 0 aliphatic heterocycles. The largest absolute Gasteiger partial charge is 0.360 e. The summed E-state index contributed by atoms with van der Waals surface area (Å²) >= 11 is 1.34. The Morgan fingerprint density at radius 1 is 1.42 bits per heavy atom. The fraction of sp³-hybridized carbons (Fsp3) is 0.200. The predicted octanol–water partition coefficient (Wildman–Crippen LogP) is 2.63. The number of thioether (sulfide) groups is 1. The number of para-hydroxylation sites is 2. The Kier molecular flexibility index (Phi) is 3.49. The Labute approximate surface area is 140 Å². The Morgan fingerprint density at radius 3 is 3.04 bits per heavy atom. The normalized spacial score (nSPS) is 12.8. The third-order valence-electron chi connectivity index (χ3n) is 3.53. The number of rotatable bonds is 4. The molecule has 9 heteroatoms. The molecule has 0 spiro atoms. The van der Waals surface area contributed by atoms with E-state index in [0.29, 0.717) is 22.5 Å². The van der Waals surface area contributed by atoms with Gasteiger partial charge in [0.15, 0.2) is 11.0 Å². The van der Waals surface area contributed by atoms with Crippen molar-refractivity contribution in [2.45, 2.75) is 24.3 Å². The van der Waals surface area contributed by atoms with Crippen LogP contribution in [0.1, 0.15) is 12.7 Å². The number of nitrogens with one attached hydrogen (secondary N) is 2. The average molecular weight is 342 g/mol. The number of imidazole rings is 1. The zero-order chi connectivity index (χ0) is 16.7. The number of carbonyl (C=O) groups is 1. The van der Waals surface area contributed by atoms with E-state index in [1.165, 1.54) is 11.8 Å². The first-order valence-corrected chi connectivity index (χ1v) is 8.22. The van der Waals surface area contributed by atoms with E-state index >= 15 is 0 Å². The van der Waals surface area contributed by atoms with Gasteiger partial charge in [-0.15, -0.1) is 5.10 Å². The van der Waals surface area contributed by atoms with Crippen molar-refractivity contribution in [1.82, 2.24) is 24.7 Å². The molecule has 0 saturated heterocycles. The molecule has 8 nitrogen and oxygen atoms in total. The van der Waals surface area contributed by atoms with Crippen LogP contribution >= 0.6 is 11.8 Å². The van der Waals surface area contributed by atoms with E-state index < -0.39 is 0 Å². The number of nitrogens with zero attached hydrogens (tertiary/aromatic N) is 4. The molecule has 1 aromatic carbocycles. The van der Waals surface area contributed by atoms with E-state index in [9.17, 15) is 4.79 Å². The van der Waals surface area contributed by atoms with Gasteiger partial charge in [0.1, 0.15) is 5.76 Å². The van der Waals surface area contributed by atoms with Gasteiger partial charge < -0.3 is 9.84 Å². The summed E-state index contributed by atoms with van der Waals surface area (Å²) in [5, 5.41) is 14.0. The van der Waals surface area contributed by atoms with Gasteiger partial charge in [0, 0.05) is 6.07 Å². The minimum absolute atomic E-state index is 0.172. The summed E-state index contributed by atoms with van der Waals surface area (Å²) in [4.78, 5) is 16.8. The van der Waals surface area contributed by atoms with Gasteiger partial charge in [-0.05, 0) is 26.0 Å². The standard InChI is InChI=1S/C15H14N6O2S/c1-8-7-12(20-23-8)17-13(22)9(2)24-15-19-18-14-16-10-5-3-4-6-11(10)21(14)15/h3-7,9H,1-2H3,(H,16,18)(H,17,20,22)/t9-/m1/s1. The maximum absolute atomic E-state index is 12.3.